The van der Waals surface area contributed by atoms with Crippen molar-refractivity contribution in [2.45, 2.75) is 26.9 Å². The van der Waals surface area contributed by atoms with Crippen molar-refractivity contribution in [1.29, 1.82) is 0 Å². The minimum Gasteiger partial charge on any atom is -0.462 e. The Morgan fingerprint density at radius 1 is 1.44 bits per heavy atom. The molecular formula is C7H13O2. The molecule has 53 valence electrons. The summed E-state index contributed by atoms with van der Waals surface area (Å²) in [5.74, 6) is -0.230. The highest BCUT2D eigenvalue weighted by Crippen LogP contribution is 1.98. The molecule has 0 aliphatic rings. The first-order valence-electron chi connectivity index (χ1n) is 3.07. The zero-order valence-corrected chi connectivity index (χ0v) is 6.18. The van der Waals surface area contributed by atoms with E-state index in [9.17, 15) is 4.79 Å². The Morgan fingerprint density at radius 3 is 2.00 bits per heavy atom. The van der Waals surface area contributed by atoms with Crippen LogP contribution in [-0.2, 0) is 9.53 Å². The van der Waals surface area contributed by atoms with Crippen LogP contribution in [0.1, 0.15) is 20.8 Å². The van der Waals surface area contributed by atoms with E-state index in [1.54, 1.807) is 20.8 Å². The van der Waals surface area contributed by atoms with Gasteiger partial charge in [0, 0.05) is 0 Å². The number of hydrogen-bond acceptors (Lipinski definition) is 2. The van der Waals surface area contributed by atoms with Crippen molar-refractivity contribution in [2.24, 2.45) is 5.92 Å². The summed E-state index contributed by atoms with van der Waals surface area (Å²) in [7, 11) is 0. The molecule has 0 aliphatic heterocycles. The standard InChI is InChI=1S/C7H13O2/c1-5(2)7(8)9-6(3)4/h5-6H,3H2,1-2,4H3/t6-/m0/s1. The zero-order chi connectivity index (χ0) is 7.44. The molecule has 2 nitrogen and oxygen atoms in total. The fourth-order valence-corrected chi connectivity index (χ4v) is 0.334. The van der Waals surface area contributed by atoms with E-state index >= 15 is 0 Å². The normalized spacial score (nSPS) is 10.4. The van der Waals surface area contributed by atoms with Crippen molar-refractivity contribution in [2.75, 3.05) is 0 Å². The lowest BCUT2D eigenvalue weighted by atomic mass is 10.2. The monoisotopic (exact) mass is 129 g/mol. The second-order valence-corrected chi connectivity index (χ2v) is 2.40. The Kier molecular flexibility index (Phi) is 3.28. The van der Waals surface area contributed by atoms with E-state index in [0.717, 1.165) is 0 Å². The molecule has 1 atom stereocenters. The molecule has 2 heteroatoms. The van der Waals surface area contributed by atoms with Gasteiger partial charge in [0.15, 0.2) is 0 Å². The maximum atomic E-state index is 10.7. The molecule has 1 radical (unpaired) electrons. The molecule has 0 spiro atoms. The smallest absolute Gasteiger partial charge is 0.308 e. The number of esters is 1. The average Bonchev–Trinajstić information content (AvgIpc) is 1.63. The number of ether oxygens (including phenoxy) is 1. The Morgan fingerprint density at radius 2 is 1.89 bits per heavy atom. The lowest BCUT2D eigenvalue weighted by molar-refractivity contribution is -0.149. The number of hydrogen-bond donors (Lipinski definition) is 0. The molecule has 9 heavy (non-hydrogen) atoms. The third kappa shape index (κ3) is 4.01. The summed E-state index contributed by atoms with van der Waals surface area (Å²) >= 11 is 0. The fraction of sp³-hybridized carbons (Fsp3) is 0.714. The van der Waals surface area contributed by atoms with Crippen molar-refractivity contribution in [3.63, 3.8) is 0 Å². The van der Waals surface area contributed by atoms with Crippen LogP contribution in [0.25, 0.3) is 0 Å². The van der Waals surface area contributed by atoms with E-state index in [1.165, 1.54) is 0 Å². The lowest BCUT2D eigenvalue weighted by Crippen LogP contribution is -2.16. The fourth-order valence-electron chi connectivity index (χ4n) is 0.334. The molecule has 0 unspecified atom stereocenters. The zero-order valence-electron chi connectivity index (χ0n) is 6.18. The summed E-state index contributed by atoms with van der Waals surface area (Å²) < 4.78 is 4.76. The highest BCUT2D eigenvalue weighted by molar-refractivity contribution is 5.71. The minimum absolute atomic E-state index is 0.0470. The minimum atomic E-state index is -0.236. The van der Waals surface area contributed by atoms with Crippen LogP contribution in [-0.4, -0.2) is 12.1 Å². The van der Waals surface area contributed by atoms with E-state index < -0.39 is 0 Å². The van der Waals surface area contributed by atoms with Crippen LogP contribution in [0.15, 0.2) is 0 Å². The lowest BCUT2D eigenvalue weighted by Gasteiger charge is -2.08. The van der Waals surface area contributed by atoms with Gasteiger partial charge in [-0.2, -0.15) is 0 Å². The average molecular weight is 129 g/mol. The van der Waals surface area contributed by atoms with E-state index in [1.807, 2.05) is 0 Å². The molecule has 0 heterocycles. The van der Waals surface area contributed by atoms with Crippen LogP contribution in [0, 0.1) is 12.8 Å². The number of rotatable bonds is 2. The van der Waals surface area contributed by atoms with Gasteiger partial charge in [-0.3, -0.25) is 4.79 Å². The van der Waals surface area contributed by atoms with Gasteiger partial charge in [-0.05, 0) is 13.8 Å². The molecule has 0 aromatic carbocycles. The van der Waals surface area contributed by atoms with E-state index in [2.05, 4.69) is 6.92 Å². The summed E-state index contributed by atoms with van der Waals surface area (Å²) in [5.41, 5.74) is 0. The summed E-state index contributed by atoms with van der Waals surface area (Å²) in [6.45, 7) is 8.85. The number of carbonyl (C=O) groups excluding carboxylic acids is 1. The van der Waals surface area contributed by atoms with Crippen LogP contribution >= 0.6 is 0 Å². The van der Waals surface area contributed by atoms with E-state index in [-0.39, 0.29) is 18.0 Å². The summed E-state index contributed by atoms with van der Waals surface area (Å²) in [6.07, 6.45) is -0.236. The number of carbonyl (C=O) groups is 1. The van der Waals surface area contributed by atoms with Crippen molar-refractivity contribution in [1.82, 2.24) is 0 Å². The van der Waals surface area contributed by atoms with Crippen molar-refractivity contribution in [3.8, 4) is 0 Å². The van der Waals surface area contributed by atoms with Gasteiger partial charge >= 0.3 is 5.97 Å². The third-order valence-electron chi connectivity index (χ3n) is 0.789. The van der Waals surface area contributed by atoms with Crippen molar-refractivity contribution < 1.29 is 9.53 Å². The quantitative estimate of drug-likeness (QED) is 0.527. The van der Waals surface area contributed by atoms with Crippen LogP contribution in [0.3, 0.4) is 0 Å². The van der Waals surface area contributed by atoms with Crippen molar-refractivity contribution in [3.05, 3.63) is 6.92 Å². The van der Waals surface area contributed by atoms with Crippen LogP contribution < -0.4 is 0 Å². The topological polar surface area (TPSA) is 26.3 Å². The summed E-state index contributed by atoms with van der Waals surface area (Å²) in [6, 6.07) is 0. The molecule has 0 aromatic rings. The Balaban J connectivity index is 3.51. The third-order valence-corrected chi connectivity index (χ3v) is 0.789. The largest absolute Gasteiger partial charge is 0.462 e. The van der Waals surface area contributed by atoms with Gasteiger partial charge in [-0.1, -0.05) is 13.8 Å². The predicted octanol–water partition coefficient (Wildman–Crippen LogP) is 1.41. The van der Waals surface area contributed by atoms with Gasteiger partial charge in [0.2, 0.25) is 0 Å². The molecule has 0 rings (SSSR count). The van der Waals surface area contributed by atoms with Gasteiger partial charge in [0.1, 0.15) is 0 Å². The molecular weight excluding hydrogens is 116 g/mol. The maximum Gasteiger partial charge on any atom is 0.308 e. The second-order valence-electron chi connectivity index (χ2n) is 2.40. The molecule has 0 fully saturated rings. The van der Waals surface area contributed by atoms with Crippen LogP contribution in [0.2, 0.25) is 0 Å². The highest BCUT2D eigenvalue weighted by Gasteiger charge is 2.08. The van der Waals surface area contributed by atoms with E-state index in [4.69, 9.17) is 4.74 Å². The van der Waals surface area contributed by atoms with Gasteiger partial charge in [-0.15, -0.1) is 0 Å². The SMILES string of the molecule is [CH2][C@@H](C)OC(=O)C(C)C. The summed E-state index contributed by atoms with van der Waals surface area (Å²) in [5, 5.41) is 0. The van der Waals surface area contributed by atoms with Crippen LogP contribution in [0.4, 0.5) is 0 Å². The molecule has 0 saturated heterocycles. The summed E-state index contributed by atoms with van der Waals surface area (Å²) in [4.78, 5) is 10.7. The Labute approximate surface area is 56.2 Å². The van der Waals surface area contributed by atoms with Gasteiger partial charge in [0.25, 0.3) is 0 Å². The molecule has 0 amide bonds. The van der Waals surface area contributed by atoms with Gasteiger partial charge in [-0.25, -0.2) is 0 Å². The van der Waals surface area contributed by atoms with Gasteiger partial charge < -0.3 is 4.74 Å². The van der Waals surface area contributed by atoms with Gasteiger partial charge in [0.05, 0.1) is 12.0 Å². The maximum absolute atomic E-state index is 10.7. The van der Waals surface area contributed by atoms with Crippen molar-refractivity contribution >= 4 is 5.97 Å². The Bertz CT molecular complexity index is 95.1. The Hall–Kier alpha value is -0.530. The molecule has 0 aromatic heterocycles. The molecule has 0 aliphatic carbocycles. The molecule has 0 saturated carbocycles. The first-order chi connectivity index (χ1) is 4.04. The second kappa shape index (κ2) is 3.49. The first-order valence-corrected chi connectivity index (χ1v) is 3.07. The highest BCUT2D eigenvalue weighted by atomic mass is 16.5. The van der Waals surface area contributed by atoms with E-state index in [0.29, 0.717) is 0 Å². The first kappa shape index (κ1) is 8.47. The molecule has 0 bridgehead atoms. The van der Waals surface area contributed by atoms with Crippen LogP contribution in [0.5, 0.6) is 0 Å². The predicted molar refractivity (Wildman–Crippen MR) is 35.7 cm³/mol. The molecule has 0 N–H and O–H groups in total.